The summed E-state index contributed by atoms with van der Waals surface area (Å²) in [4.78, 5) is 6.79. The summed E-state index contributed by atoms with van der Waals surface area (Å²) in [6, 6.07) is 8.36. The van der Waals surface area contributed by atoms with E-state index in [4.69, 9.17) is 14.2 Å². The molecule has 28 heavy (non-hydrogen) atoms. The summed E-state index contributed by atoms with van der Waals surface area (Å²) in [5.41, 5.74) is 1.28. The van der Waals surface area contributed by atoms with Gasteiger partial charge in [-0.1, -0.05) is 19.1 Å². The van der Waals surface area contributed by atoms with Crippen molar-refractivity contribution in [3.8, 4) is 5.75 Å². The Labute approximate surface area is 170 Å². The molecule has 0 saturated carbocycles. The molecular weight excluding hydrogens is 354 g/mol. The van der Waals surface area contributed by atoms with Crippen molar-refractivity contribution in [3.05, 3.63) is 29.8 Å². The molecule has 2 rings (SSSR count). The smallest absolute Gasteiger partial charge is 0.193 e. The first-order valence-electron chi connectivity index (χ1n) is 10.5. The molecule has 6 heteroatoms. The number of methoxy groups -OCH3 is 1. The second-order valence-electron chi connectivity index (χ2n) is 7.12. The van der Waals surface area contributed by atoms with Crippen LogP contribution >= 0.6 is 0 Å². The zero-order chi connectivity index (χ0) is 20.0. The Morgan fingerprint density at radius 3 is 2.75 bits per heavy atom. The van der Waals surface area contributed by atoms with Gasteiger partial charge < -0.3 is 24.4 Å². The Hall–Kier alpha value is -1.79. The summed E-state index contributed by atoms with van der Waals surface area (Å²) in [5.74, 6) is 1.94. The second kappa shape index (κ2) is 13.4. The lowest BCUT2D eigenvalue weighted by Crippen LogP contribution is -2.47. The molecule has 1 aromatic carbocycles. The van der Waals surface area contributed by atoms with Gasteiger partial charge >= 0.3 is 0 Å². The maximum Gasteiger partial charge on any atom is 0.193 e. The highest BCUT2D eigenvalue weighted by atomic mass is 16.5. The van der Waals surface area contributed by atoms with Gasteiger partial charge in [0.2, 0.25) is 0 Å². The molecule has 0 aliphatic carbocycles. The van der Waals surface area contributed by atoms with E-state index in [1.54, 1.807) is 7.11 Å². The fourth-order valence-electron chi connectivity index (χ4n) is 3.35. The van der Waals surface area contributed by atoms with Crippen molar-refractivity contribution in [1.82, 2.24) is 10.2 Å². The van der Waals surface area contributed by atoms with Crippen molar-refractivity contribution in [1.29, 1.82) is 0 Å². The lowest BCUT2D eigenvalue weighted by Gasteiger charge is -2.34. The number of hydrogen-bond donors (Lipinski definition) is 1. The quantitative estimate of drug-likeness (QED) is 0.357. The number of likely N-dealkylation sites (tertiary alicyclic amines) is 1. The molecule has 0 aromatic heterocycles. The van der Waals surface area contributed by atoms with E-state index in [-0.39, 0.29) is 0 Å². The van der Waals surface area contributed by atoms with Gasteiger partial charge in [-0.05, 0) is 49.8 Å². The highest BCUT2D eigenvalue weighted by Gasteiger charge is 2.21. The summed E-state index contributed by atoms with van der Waals surface area (Å²) in [6.45, 7) is 7.26. The van der Waals surface area contributed by atoms with E-state index in [2.05, 4.69) is 40.3 Å². The first-order valence-corrected chi connectivity index (χ1v) is 10.5. The lowest BCUT2D eigenvalue weighted by atomic mass is 10.1. The van der Waals surface area contributed by atoms with Crippen LogP contribution in [0.5, 0.6) is 5.75 Å². The Morgan fingerprint density at radius 2 is 2.04 bits per heavy atom. The monoisotopic (exact) mass is 391 g/mol. The van der Waals surface area contributed by atoms with Gasteiger partial charge in [-0.2, -0.15) is 0 Å². The van der Waals surface area contributed by atoms with E-state index in [0.29, 0.717) is 6.10 Å². The largest absolute Gasteiger partial charge is 0.494 e. The van der Waals surface area contributed by atoms with Gasteiger partial charge in [0.25, 0.3) is 0 Å². The van der Waals surface area contributed by atoms with E-state index in [0.717, 1.165) is 83.3 Å². The van der Waals surface area contributed by atoms with Crippen LogP contribution in [0.15, 0.2) is 29.3 Å². The van der Waals surface area contributed by atoms with Crippen LogP contribution in [0, 0.1) is 0 Å². The van der Waals surface area contributed by atoms with Gasteiger partial charge in [0.05, 0.1) is 12.7 Å². The summed E-state index contributed by atoms with van der Waals surface area (Å²) in [7, 11) is 3.59. The van der Waals surface area contributed by atoms with Gasteiger partial charge in [-0.3, -0.25) is 4.99 Å². The molecule has 1 heterocycles. The fourth-order valence-corrected chi connectivity index (χ4v) is 3.35. The first kappa shape index (κ1) is 22.5. The summed E-state index contributed by atoms with van der Waals surface area (Å²) in [6.07, 6.45) is 5.38. The molecule has 0 atom stereocenters. The lowest BCUT2D eigenvalue weighted by molar-refractivity contribution is 0.00992. The molecule has 1 aromatic rings. The summed E-state index contributed by atoms with van der Waals surface area (Å²) < 4.78 is 16.7. The number of benzene rings is 1. The molecule has 0 unspecified atom stereocenters. The number of aliphatic imine (C=N–C) groups is 1. The number of rotatable bonds is 11. The average Bonchev–Trinajstić information content (AvgIpc) is 2.74. The van der Waals surface area contributed by atoms with Crippen LogP contribution in [0.2, 0.25) is 0 Å². The topological polar surface area (TPSA) is 55.3 Å². The molecule has 6 nitrogen and oxygen atoms in total. The molecule has 0 spiro atoms. The molecule has 1 saturated heterocycles. The van der Waals surface area contributed by atoms with Crippen molar-refractivity contribution < 1.29 is 14.2 Å². The predicted octanol–water partition coefficient (Wildman–Crippen LogP) is 3.11. The zero-order valence-corrected chi connectivity index (χ0v) is 17.8. The van der Waals surface area contributed by atoms with Gasteiger partial charge in [-0.25, -0.2) is 0 Å². The number of nitrogens with one attached hydrogen (secondary N) is 1. The number of hydrogen-bond acceptors (Lipinski definition) is 4. The highest BCUT2D eigenvalue weighted by molar-refractivity contribution is 5.79. The van der Waals surface area contributed by atoms with Crippen LogP contribution in [-0.2, 0) is 15.9 Å². The van der Waals surface area contributed by atoms with Crippen molar-refractivity contribution in [2.75, 3.05) is 53.6 Å². The Kier molecular flexibility index (Phi) is 10.8. The number of ether oxygens (including phenoxy) is 3. The van der Waals surface area contributed by atoms with Gasteiger partial charge in [0, 0.05) is 47.0 Å². The van der Waals surface area contributed by atoms with E-state index in [1.165, 1.54) is 5.56 Å². The maximum atomic E-state index is 5.95. The van der Waals surface area contributed by atoms with Crippen LogP contribution in [0.1, 0.15) is 38.2 Å². The van der Waals surface area contributed by atoms with Crippen molar-refractivity contribution in [2.45, 2.75) is 45.1 Å². The van der Waals surface area contributed by atoms with Crippen LogP contribution in [0.3, 0.4) is 0 Å². The van der Waals surface area contributed by atoms with Gasteiger partial charge in [-0.15, -0.1) is 0 Å². The first-order chi connectivity index (χ1) is 13.8. The third-order valence-electron chi connectivity index (χ3n) is 4.87. The predicted molar refractivity (Wildman–Crippen MR) is 114 cm³/mol. The van der Waals surface area contributed by atoms with Crippen molar-refractivity contribution in [3.63, 3.8) is 0 Å². The van der Waals surface area contributed by atoms with Crippen LogP contribution in [0.4, 0.5) is 0 Å². The molecule has 0 bridgehead atoms. The van der Waals surface area contributed by atoms with Gasteiger partial charge in [0.15, 0.2) is 5.96 Å². The Balaban J connectivity index is 1.69. The maximum absolute atomic E-state index is 5.95. The molecule has 1 N–H and O–H groups in total. The number of guanidine groups is 1. The average molecular weight is 392 g/mol. The minimum atomic E-state index is 0.358. The van der Waals surface area contributed by atoms with E-state index in [9.17, 15) is 0 Å². The van der Waals surface area contributed by atoms with E-state index >= 15 is 0 Å². The molecular formula is C22H37N3O3. The fraction of sp³-hybridized carbons (Fsp3) is 0.682. The number of piperidine rings is 1. The molecule has 1 fully saturated rings. The Morgan fingerprint density at radius 1 is 1.21 bits per heavy atom. The van der Waals surface area contributed by atoms with E-state index < -0.39 is 0 Å². The highest BCUT2D eigenvalue weighted by Crippen LogP contribution is 2.15. The second-order valence-corrected chi connectivity index (χ2v) is 7.12. The number of nitrogens with zero attached hydrogens (tertiary/aromatic N) is 2. The van der Waals surface area contributed by atoms with Crippen LogP contribution in [0.25, 0.3) is 0 Å². The third-order valence-corrected chi connectivity index (χ3v) is 4.87. The summed E-state index contributed by atoms with van der Waals surface area (Å²) >= 11 is 0. The molecule has 1 aliphatic rings. The van der Waals surface area contributed by atoms with Crippen LogP contribution < -0.4 is 10.1 Å². The standard InChI is InChI=1S/C22H37N3O3/c1-4-15-27-21-8-5-7-19(18-21)9-12-24-22(23-2)25-13-10-20(11-14-25)28-17-6-16-26-3/h5,7-8,18,20H,4,6,9-17H2,1-3H3,(H,23,24). The minimum Gasteiger partial charge on any atom is -0.494 e. The molecule has 1 aliphatic heterocycles. The summed E-state index contributed by atoms with van der Waals surface area (Å²) in [5, 5.41) is 3.50. The van der Waals surface area contributed by atoms with E-state index in [1.807, 2.05) is 13.1 Å². The van der Waals surface area contributed by atoms with Gasteiger partial charge in [0.1, 0.15) is 5.75 Å². The molecule has 158 valence electrons. The SMILES string of the molecule is CCCOc1cccc(CCNC(=NC)N2CCC(OCCCOC)CC2)c1. The van der Waals surface area contributed by atoms with Crippen LogP contribution in [-0.4, -0.2) is 70.6 Å². The molecule has 0 radical (unpaired) electrons. The normalized spacial score (nSPS) is 15.7. The molecule has 0 amide bonds. The Bertz CT molecular complexity index is 572. The zero-order valence-electron chi connectivity index (χ0n) is 17.8. The van der Waals surface area contributed by atoms with Crippen molar-refractivity contribution in [2.24, 2.45) is 4.99 Å². The minimum absolute atomic E-state index is 0.358. The van der Waals surface area contributed by atoms with Crippen molar-refractivity contribution >= 4 is 5.96 Å². The third kappa shape index (κ3) is 8.07.